The van der Waals surface area contributed by atoms with Crippen LogP contribution in [0.2, 0.25) is 0 Å². The fourth-order valence-corrected chi connectivity index (χ4v) is 3.97. The van der Waals surface area contributed by atoms with Gasteiger partial charge in [-0.2, -0.15) is 0 Å². The van der Waals surface area contributed by atoms with Gasteiger partial charge in [0.15, 0.2) is 5.78 Å². The molecule has 3 atom stereocenters. The third kappa shape index (κ3) is 3.77. The normalized spacial score (nSPS) is 22.5. The average molecular weight is 374 g/mol. The highest BCUT2D eigenvalue weighted by molar-refractivity contribution is 6.09. The second-order valence-electron chi connectivity index (χ2n) is 7.27. The Morgan fingerprint density at radius 1 is 1.00 bits per heavy atom. The third-order valence-electron chi connectivity index (χ3n) is 5.49. The highest BCUT2D eigenvalue weighted by Crippen LogP contribution is 2.44. The molecule has 2 aliphatic carbocycles. The van der Waals surface area contributed by atoms with Crippen molar-refractivity contribution >= 4 is 17.8 Å². The molecule has 4 heteroatoms. The molecule has 2 bridgehead atoms. The maximum absolute atomic E-state index is 12.7. The minimum absolute atomic E-state index is 0.104. The molecule has 1 fully saturated rings. The number of ketones is 1. The summed E-state index contributed by atoms with van der Waals surface area (Å²) >= 11 is 0. The monoisotopic (exact) mass is 374 g/mol. The van der Waals surface area contributed by atoms with Crippen LogP contribution >= 0.6 is 0 Å². The summed E-state index contributed by atoms with van der Waals surface area (Å²) in [5, 5.41) is 0. The van der Waals surface area contributed by atoms with Crippen molar-refractivity contribution in [1.82, 2.24) is 0 Å². The van der Waals surface area contributed by atoms with E-state index in [4.69, 9.17) is 9.47 Å². The van der Waals surface area contributed by atoms with Crippen LogP contribution in [0, 0.1) is 17.8 Å². The van der Waals surface area contributed by atoms with Crippen molar-refractivity contribution in [1.29, 1.82) is 0 Å². The number of rotatable bonds is 6. The fraction of sp³-hybridized carbons (Fsp3) is 0.250. The first-order valence-electron chi connectivity index (χ1n) is 9.49. The summed E-state index contributed by atoms with van der Waals surface area (Å²) in [5.74, 6) is 1.30. The first kappa shape index (κ1) is 18.2. The molecule has 3 unspecified atom stereocenters. The van der Waals surface area contributed by atoms with Gasteiger partial charge < -0.3 is 9.47 Å². The molecule has 0 heterocycles. The molecule has 142 valence electrons. The van der Waals surface area contributed by atoms with Crippen LogP contribution in [0.3, 0.4) is 0 Å². The summed E-state index contributed by atoms with van der Waals surface area (Å²) in [7, 11) is 1.61. The lowest BCUT2D eigenvalue weighted by Gasteiger charge is -2.17. The van der Waals surface area contributed by atoms with Crippen molar-refractivity contribution in [2.24, 2.45) is 17.8 Å². The quantitative estimate of drug-likeness (QED) is 0.242. The summed E-state index contributed by atoms with van der Waals surface area (Å²) in [6.45, 7) is 0. The molecule has 28 heavy (non-hydrogen) atoms. The lowest BCUT2D eigenvalue weighted by Crippen LogP contribution is -2.24. The maximum atomic E-state index is 12.7. The molecule has 0 saturated heterocycles. The highest BCUT2D eigenvalue weighted by atomic mass is 16.5. The van der Waals surface area contributed by atoms with E-state index in [0.717, 1.165) is 24.2 Å². The molecule has 0 N–H and O–H groups in total. The van der Waals surface area contributed by atoms with E-state index in [9.17, 15) is 9.59 Å². The molecule has 1 saturated carbocycles. The standard InChI is InChI=1S/C24H22O4/c1-27-19-11-7-16(8-12-19)9-13-22(25)20-4-2-3-5-23(20)28-24(26)21-15-17-6-10-18(21)14-17/h2-13,17-18,21H,14-15H2,1H3. The Bertz CT molecular complexity index is 939. The van der Waals surface area contributed by atoms with Crippen molar-refractivity contribution in [3.05, 3.63) is 77.9 Å². The lowest BCUT2D eigenvalue weighted by atomic mass is 9.94. The van der Waals surface area contributed by atoms with Crippen molar-refractivity contribution in [3.63, 3.8) is 0 Å². The SMILES string of the molecule is COc1ccc(C=CC(=O)c2ccccc2OC(=O)C2CC3C=CC2C3)cc1. The topological polar surface area (TPSA) is 52.6 Å². The number of hydrogen-bond acceptors (Lipinski definition) is 4. The Hall–Kier alpha value is -3.14. The van der Waals surface area contributed by atoms with E-state index in [1.54, 1.807) is 37.5 Å². The Morgan fingerprint density at radius 2 is 1.79 bits per heavy atom. The second kappa shape index (κ2) is 7.85. The number of benzene rings is 2. The molecular formula is C24H22O4. The molecule has 4 rings (SSSR count). The van der Waals surface area contributed by atoms with E-state index in [-0.39, 0.29) is 23.6 Å². The zero-order valence-corrected chi connectivity index (χ0v) is 15.7. The van der Waals surface area contributed by atoms with Gasteiger partial charge in [-0.05, 0) is 60.6 Å². The van der Waals surface area contributed by atoms with Crippen LogP contribution in [-0.2, 0) is 4.79 Å². The molecular weight excluding hydrogens is 352 g/mol. The first-order chi connectivity index (χ1) is 13.6. The van der Waals surface area contributed by atoms with Gasteiger partial charge >= 0.3 is 5.97 Å². The molecule has 2 aromatic rings. The van der Waals surface area contributed by atoms with Crippen molar-refractivity contribution in [3.8, 4) is 11.5 Å². The van der Waals surface area contributed by atoms with Crippen LogP contribution in [0.15, 0.2) is 66.8 Å². The number of methoxy groups -OCH3 is 1. The minimum atomic E-state index is -0.240. The van der Waals surface area contributed by atoms with Crippen molar-refractivity contribution in [2.45, 2.75) is 12.8 Å². The molecule has 0 aromatic heterocycles. The number of ether oxygens (including phenoxy) is 2. The Kier molecular flexibility index (Phi) is 5.11. The summed E-state index contributed by atoms with van der Waals surface area (Å²) < 4.78 is 10.8. The van der Waals surface area contributed by atoms with Gasteiger partial charge in [0.25, 0.3) is 0 Å². The number of hydrogen-bond donors (Lipinski definition) is 0. The largest absolute Gasteiger partial charge is 0.497 e. The number of carbonyl (C=O) groups excluding carboxylic acids is 2. The summed E-state index contributed by atoms with van der Waals surface area (Å²) in [6, 6.07) is 14.3. The van der Waals surface area contributed by atoms with Crippen LogP contribution < -0.4 is 9.47 Å². The highest BCUT2D eigenvalue weighted by Gasteiger charge is 2.41. The average Bonchev–Trinajstić information content (AvgIpc) is 3.36. The summed E-state index contributed by atoms with van der Waals surface area (Å²) in [5.41, 5.74) is 1.27. The third-order valence-corrected chi connectivity index (χ3v) is 5.49. The first-order valence-corrected chi connectivity index (χ1v) is 9.49. The van der Waals surface area contributed by atoms with Gasteiger partial charge in [-0.3, -0.25) is 9.59 Å². The van der Waals surface area contributed by atoms with E-state index >= 15 is 0 Å². The Balaban J connectivity index is 1.47. The molecule has 2 aromatic carbocycles. The molecule has 0 amide bonds. The van der Waals surface area contributed by atoms with Gasteiger partial charge in [0.2, 0.25) is 0 Å². The zero-order chi connectivity index (χ0) is 19.5. The van der Waals surface area contributed by atoms with Gasteiger partial charge in [0.05, 0.1) is 18.6 Å². The lowest BCUT2D eigenvalue weighted by molar-refractivity contribution is -0.139. The van der Waals surface area contributed by atoms with E-state index in [2.05, 4.69) is 12.2 Å². The summed E-state index contributed by atoms with van der Waals surface area (Å²) in [4.78, 5) is 25.3. The summed E-state index contributed by atoms with van der Waals surface area (Å²) in [6.07, 6.45) is 9.42. The van der Waals surface area contributed by atoms with E-state index in [0.29, 0.717) is 17.2 Å². The molecule has 0 spiro atoms. The van der Waals surface area contributed by atoms with E-state index in [1.807, 2.05) is 24.3 Å². The second-order valence-corrected chi connectivity index (χ2v) is 7.27. The number of fused-ring (bicyclic) bond motifs is 2. The van der Waals surface area contributed by atoms with Gasteiger partial charge in [0.1, 0.15) is 11.5 Å². The van der Waals surface area contributed by atoms with Crippen LogP contribution in [0.5, 0.6) is 11.5 Å². The van der Waals surface area contributed by atoms with Crippen LogP contribution in [0.25, 0.3) is 6.08 Å². The van der Waals surface area contributed by atoms with E-state index in [1.165, 1.54) is 6.08 Å². The van der Waals surface area contributed by atoms with Crippen molar-refractivity contribution < 1.29 is 19.1 Å². The Morgan fingerprint density at radius 3 is 2.46 bits per heavy atom. The number of carbonyl (C=O) groups is 2. The minimum Gasteiger partial charge on any atom is -0.497 e. The maximum Gasteiger partial charge on any atom is 0.314 e. The van der Waals surface area contributed by atoms with Gasteiger partial charge in [-0.15, -0.1) is 0 Å². The predicted octanol–water partition coefficient (Wildman–Crippen LogP) is 4.71. The van der Waals surface area contributed by atoms with Crippen LogP contribution in [-0.4, -0.2) is 18.9 Å². The van der Waals surface area contributed by atoms with Crippen LogP contribution in [0.4, 0.5) is 0 Å². The number of allylic oxidation sites excluding steroid dienone is 3. The fourth-order valence-electron chi connectivity index (χ4n) is 3.97. The molecule has 0 radical (unpaired) electrons. The Labute approximate surface area is 164 Å². The number of esters is 1. The predicted molar refractivity (Wildman–Crippen MR) is 107 cm³/mol. The molecule has 4 nitrogen and oxygen atoms in total. The van der Waals surface area contributed by atoms with Gasteiger partial charge in [-0.1, -0.05) is 42.5 Å². The smallest absolute Gasteiger partial charge is 0.314 e. The number of para-hydroxylation sites is 1. The van der Waals surface area contributed by atoms with Crippen LogP contribution in [0.1, 0.15) is 28.8 Å². The molecule has 2 aliphatic rings. The van der Waals surface area contributed by atoms with Crippen molar-refractivity contribution in [2.75, 3.05) is 7.11 Å². The molecule has 0 aliphatic heterocycles. The zero-order valence-electron chi connectivity index (χ0n) is 15.7. The van der Waals surface area contributed by atoms with Gasteiger partial charge in [0, 0.05) is 0 Å². The van der Waals surface area contributed by atoms with Gasteiger partial charge in [-0.25, -0.2) is 0 Å². The van der Waals surface area contributed by atoms with E-state index < -0.39 is 0 Å².